The molecule has 134 valence electrons. The fourth-order valence-electron chi connectivity index (χ4n) is 3.57. The van der Waals surface area contributed by atoms with E-state index >= 15 is 0 Å². The van der Waals surface area contributed by atoms with Crippen LogP contribution in [0, 0.1) is 0 Å². The molecule has 0 N–H and O–H groups in total. The Morgan fingerprint density at radius 2 is 1.76 bits per heavy atom. The van der Waals surface area contributed by atoms with Gasteiger partial charge in [0.1, 0.15) is 18.0 Å². The first kappa shape index (κ1) is 16.3. The van der Waals surface area contributed by atoms with Gasteiger partial charge in [0.25, 0.3) is 0 Å². The van der Waals surface area contributed by atoms with Gasteiger partial charge in [0, 0.05) is 45.3 Å². The SMILES string of the molecule is CN(C)c1cc(N(C2CC2)C2CCN(Cc3ncon3)CC2)ncn1. The van der Waals surface area contributed by atoms with Gasteiger partial charge < -0.3 is 14.3 Å². The Bertz CT molecular complexity index is 678. The highest BCUT2D eigenvalue weighted by molar-refractivity contribution is 5.51. The largest absolute Gasteiger partial charge is 0.363 e. The fourth-order valence-corrected chi connectivity index (χ4v) is 3.57. The summed E-state index contributed by atoms with van der Waals surface area (Å²) in [5.41, 5.74) is 0. The predicted molar refractivity (Wildman–Crippen MR) is 94.5 cm³/mol. The summed E-state index contributed by atoms with van der Waals surface area (Å²) in [6.07, 6.45) is 7.89. The molecule has 1 saturated heterocycles. The quantitative estimate of drug-likeness (QED) is 0.782. The summed E-state index contributed by atoms with van der Waals surface area (Å²) in [5.74, 6) is 2.80. The molecule has 1 saturated carbocycles. The summed E-state index contributed by atoms with van der Waals surface area (Å²) in [6, 6.07) is 3.29. The molecule has 0 amide bonds. The minimum absolute atomic E-state index is 0.541. The number of anilines is 2. The summed E-state index contributed by atoms with van der Waals surface area (Å²) < 4.78 is 4.83. The molecule has 3 heterocycles. The van der Waals surface area contributed by atoms with Gasteiger partial charge in [0.2, 0.25) is 6.39 Å². The lowest BCUT2D eigenvalue weighted by atomic mass is 10.0. The molecule has 1 aliphatic carbocycles. The van der Waals surface area contributed by atoms with Gasteiger partial charge in [-0.05, 0) is 25.7 Å². The molecule has 8 heteroatoms. The van der Waals surface area contributed by atoms with Crippen LogP contribution in [0.2, 0.25) is 0 Å². The van der Waals surface area contributed by atoms with Crippen LogP contribution < -0.4 is 9.80 Å². The Balaban J connectivity index is 1.43. The van der Waals surface area contributed by atoms with Gasteiger partial charge >= 0.3 is 0 Å². The van der Waals surface area contributed by atoms with Crippen molar-refractivity contribution in [1.82, 2.24) is 25.0 Å². The number of rotatable bonds is 6. The number of hydrogen-bond acceptors (Lipinski definition) is 8. The van der Waals surface area contributed by atoms with E-state index in [0.717, 1.165) is 49.9 Å². The Morgan fingerprint density at radius 3 is 2.40 bits per heavy atom. The minimum Gasteiger partial charge on any atom is -0.363 e. The van der Waals surface area contributed by atoms with Crippen LogP contribution in [-0.2, 0) is 6.54 Å². The molecule has 0 radical (unpaired) electrons. The molecule has 25 heavy (non-hydrogen) atoms. The predicted octanol–water partition coefficient (Wildman–Crippen LogP) is 1.56. The lowest BCUT2D eigenvalue weighted by molar-refractivity contribution is 0.194. The van der Waals surface area contributed by atoms with Crippen molar-refractivity contribution in [3.63, 3.8) is 0 Å². The first-order valence-electron chi connectivity index (χ1n) is 8.96. The lowest BCUT2D eigenvalue weighted by Crippen LogP contribution is -2.46. The summed E-state index contributed by atoms with van der Waals surface area (Å²) in [4.78, 5) is 20.0. The van der Waals surface area contributed by atoms with Crippen LogP contribution >= 0.6 is 0 Å². The van der Waals surface area contributed by atoms with E-state index in [1.54, 1.807) is 6.33 Å². The number of nitrogens with zero attached hydrogens (tertiary/aromatic N) is 7. The Hall–Kier alpha value is -2.22. The Kier molecular flexibility index (Phi) is 4.52. The summed E-state index contributed by atoms with van der Waals surface area (Å²) in [6.45, 7) is 2.87. The maximum absolute atomic E-state index is 4.83. The van der Waals surface area contributed by atoms with Crippen LogP contribution in [0.5, 0.6) is 0 Å². The summed E-state index contributed by atoms with van der Waals surface area (Å²) >= 11 is 0. The molecule has 2 aromatic heterocycles. The second-order valence-corrected chi connectivity index (χ2v) is 7.12. The normalized spacial score (nSPS) is 19.1. The van der Waals surface area contributed by atoms with E-state index in [0.29, 0.717) is 12.1 Å². The van der Waals surface area contributed by atoms with Crippen molar-refractivity contribution >= 4 is 11.6 Å². The molecule has 2 aromatic rings. The van der Waals surface area contributed by atoms with Crippen molar-refractivity contribution < 1.29 is 4.52 Å². The van der Waals surface area contributed by atoms with Crippen molar-refractivity contribution in [2.24, 2.45) is 0 Å². The molecule has 2 fully saturated rings. The number of piperidine rings is 1. The van der Waals surface area contributed by atoms with E-state index in [1.165, 1.54) is 19.2 Å². The van der Waals surface area contributed by atoms with Crippen LogP contribution in [0.4, 0.5) is 11.6 Å². The highest BCUT2D eigenvalue weighted by atomic mass is 16.5. The highest BCUT2D eigenvalue weighted by Gasteiger charge is 2.36. The van der Waals surface area contributed by atoms with Gasteiger partial charge in [-0.25, -0.2) is 9.97 Å². The molecule has 2 aliphatic rings. The van der Waals surface area contributed by atoms with Crippen molar-refractivity contribution in [3.8, 4) is 0 Å². The third kappa shape index (κ3) is 3.73. The van der Waals surface area contributed by atoms with Crippen LogP contribution in [0.3, 0.4) is 0 Å². The van der Waals surface area contributed by atoms with E-state index in [4.69, 9.17) is 4.52 Å². The first-order valence-corrected chi connectivity index (χ1v) is 8.96. The van der Waals surface area contributed by atoms with Crippen LogP contribution in [0.1, 0.15) is 31.5 Å². The Morgan fingerprint density at radius 1 is 1.04 bits per heavy atom. The molecule has 4 rings (SSSR count). The second-order valence-electron chi connectivity index (χ2n) is 7.12. The number of aromatic nitrogens is 4. The van der Waals surface area contributed by atoms with Gasteiger partial charge in [-0.15, -0.1) is 0 Å². The number of likely N-dealkylation sites (tertiary alicyclic amines) is 1. The average molecular weight is 343 g/mol. The van der Waals surface area contributed by atoms with Gasteiger partial charge in [-0.2, -0.15) is 4.98 Å². The van der Waals surface area contributed by atoms with E-state index in [-0.39, 0.29) is 0 Å². The fraction of sp³-hybridized carbons (Fsp3) is 0.647. The smallest absolute Gasteiger partial charge is 0.213 e. The molecule has 0 spiro atoms. The molecular weight excluding hydrogens is 318 g/mol. The zero-order chi connectivity index (χ0) is 17.2. The standard InChI is InChI=1S/C17H25N7O/c1-22(2)16-9-17(19-11-18-16)24(13-3-4-13)14-5-7-23(8-6-14)10-15-20-12-25-21-15/h9,11-14H,3-8,10H2,1-2H3. The van der Waals surface area contributed by atoms with Crippen molar-refractivity contribution in [3.05, 3.63) is 24.6 Å². The third-order valence-electron chi connectivity index (χ3n) is 5.02. The first-order chi connectivity index (χ1) is 12.2. The monoisotopic (exact) mass is 343 g/mol. The maximum Gasteiger partial charge on any atom is 0.213 e. The topological polar surface area (TPSA) is 74.4 Å². The maximum atomic E-state index is 4.83. The van der Waals surface area contributed by atoms with Crippen LogP contribution in [0.25, 0.3) is 0 Å². The molecular formula is C17H25N7O. The van der Waals surface area contributed by atoms with Crippen molar-refractivity contribution in [2.75, 3.05) is 37.0 Å². The summed E-state index contributed by atoms with van der Waals surface area (Å²) in [5, 5.41) is 3.92. The Labute approximate surface area is 147 Å². The van der Waals surface area contributed by atoms with E-state index in [1.807, 2.05) is 19.0 Å². The molecule has 0 aromatic carbocycles. The molecule has 0 atom stereocenters. The minimum atomic E-state index is 0.541. The zero-order valence-corrected chi connectivity index (χ0v) is 14.9. The van der Waals surface area contributed by atoms with Crippen molar-refractivity contribution in [2.45, 2.75) is 44.3 Å². The second kappa shape index (κ2) is 6.95. The van der Waals surface area contributed by atoms with Crippen molar-refractivity contribution in [1.29, 1.82) is 0 Å². The molecule has 8 nitrogen and oxygen atoms in total. The van der Waals surface area contributed by atoms with Crippen LogP contribution in [0.15, 0.2) is 23.3 Å². The average Bonchev–Trinajstić information content (AvgIpc) is 3.32. The van der Waals surface area contributed by atoms with Gasteiger partial charge in [0.05, 0.1) is 6.54 Å². The molecule has 1 aliphatic heterocycles. The third-order valence-corrected chi connectivity index (χ3v) is 5.02. The van der Waals surface area contributed by atoms with Crippen LogP contribution in [-0.4, -0.2) is 64.3 Å². The van der Waals surface area contributed by atoms with Gasteiger partial charge in [-0.1, -0.05) is 5.16 Å². The zero-order valence-electron chi connectivity index (χ0n) is 14.9. The van der Waals surface area contributed by atoms with Gasteiger partial charge in [0.15, 0.2) is 5.82 Å². The lowest BCUT2D eigenvalue weighted by Gasteiger charge is -2.39. The van der Waals surface area contributed by atoms with E-state index in [9.17, 15) is 0 Å². The molecule has 0 bridgehead atoms. The number of hydrogen-bond donors (Lipinski definition) is 0. The van der Waals surface area contributed by atoms with E-state index in [2.05, 4.69) is 36.0 Å². The van der Waals surface area contributed by atoms with Gasteiger partial charge in [-0.3, -0.25) is 4.90 Å². The highest BCUT2D eigenvalue weighted by Crippen LogP contribution is 2.36. The molecule has 0 unspecified atom stereocenters. The summed E-state index contributed by atoms with van der Waals surface area (Å²) in [7, 11) is 4.04. The van der Waals surface area contributed by atoms with E-state index < -0.39 is 0 Å².